The summed E-state index contributed by atoms with van der Waals surface area (Å²) in [6, 6.07) is 0.307. The van der Waals surface area contributed by atoms with Gasteiger partial charge < -0.3 is 4.74 Å². The van der Waals surface area contributed by atoms with Crippen LogP contribution >= 0.6 is 11.6 Å². The molecule has 0 bridgehead atoms. The standard InChI is InChI=1S/C9H15ClN2O/c1-6(2)12-5-8(10)9(11-12)13-7(3)4/h5-7H,1-4H3. The summed E-state index contributed by atoms with van der Waals surface area (Å²) in [5.74, 6) is 0.519. The molecule has 0 aliphatic rings. The first kappa shape index (κ1) is 10.4. The predicted molar refractivity (Wildman–Crippen MR) is 53.4 cm³/mol. The number of rotatable bonds is 3. The van der Waals surface area contributed by atoms with E-state index in [2.05, 4.69) is 5.10 Å². The van der Waals surface area contributed by atoms with Crippen molar-refractivity contribution in [2.24, 2.45) is 0 Å². The van der Waals surface area contributed by atoms with Gasteiger partial charge in [-0.05, 0) is 27.7 Å². The van der Waals surface area contributed by atoms with Gasteiger partial charge in [0, 0.05) is 12.2 Å². The molecule has 1 rings (SSSR count). The van der Waals surface area contributed by atoms with Gasteiger partial charge in [-0.15, -0.1) is 5.10 Å². The molecule has 1 heterocycles. The summed E-state index contributed by atoms with van der Waals surface area (Å²) in [6.45, 7) is 7.99. The van der Waals surface area contributed by atoms with Gasteiger partial charge in [0.1, 0.15) is 5.02 Å². The molecule has 0 N–H and O–H groups in total. The number of ether oxygens (including phenoxy) is 1. The van der Waals surface area contributed by atoms with Gasteiger partial charge in [0.2, 0.25) is 0 Å². The first-order chi connectivity index (χ1) is 6.00. The van der Waals surface area contributed by atoms with Crippen LogP contribution in [-0.2, 0) is 0 Å². The van der Waals surface area contributed by atoms with E-state index in [1.807, 2.05) is 27.7 Å². The van der Waals surface area contributed by atoms with E-state index in [9.17, 15) is 0 Å². The first-order valence-corrected chi connectivity index (χ1v) is 4.79. The highest BCUT2D eigenvalue weighted by Crippen LogP contribution is 2.24. The van der Waals surface area contributed by atoms with Crippen molar-refractivity contribution in [3.05, 3.63) is 11.2 Å². The number of halogens is 1. The minimum Gasteiger partial charge on any atom is -0.473 e. The van der Waals surface area contributed by atoms with Crippen LogP contribution in [-0.4, -0.2) is 15.9 Å². The molecule has 13 heavy (non-hydrogen) atoms. The lowest BCUT2D eigenvalue weighted by Gasteiger charge is -2.06. The van der Waals surface area contributed by atoms with Crippen LogP contribution < -0.4 is 4.74 Å². The van der Waals surface area contributed by atoms with Gasteiger partial charge >= 0.3 is 0 Å². The van der Waals surface area contributed by atoms with E-state index >= 15 is 0 Å². The molecule has 4 heteroatoms. The van der Waals surface area contributed by atoms with Crippen LogP contribution in [0.2, 0.25) is 5.02 Å². The molecule has 1 aromatic rings. The fourth-order valence-corrected chi connectivity index (χ4v) is 1.10. The number of hydrogen-bond acceptors (Lipinski definition) is 2. The van der Waals surface area contributed by atoms with E-state index in [1.54, 1.807) is 10.9 Å². The second-order valence-corrected chi connectivity index (χ2v) is 3.93. The minimum atomic E-state index is 0.105. The van der Waals surface area contributed by atoms with Crippen LogP contribution in [0.25, 0.3) is 0 Å². The van der Waals surface area contributed by atoms with Gasteiger partial charge in [-0.25, -0.2) is 0 Å². The van der Waals surface area contributed by atoms with Crippen LogP contribution in [0.1, 0.15) is 33.7 Å². The molecule has 0 spiro atoms. The first-order valence-electron chi connectivity index (χ1n) is 4.42. The SMILES string of the molecule is CC(C)Oc1nn(C(C)C)cc1Cl. The van der Waals surface area contributed by atoms with E-state index in [0.717, 1.165) is 0 Å². The highest BCUT2D eigenvalue weighted by molar-refractivity contribution is 6.31. The summed E-state index contributed by atoms with van der Waals surface area (Å²) < 4.78 is 7.20. The van der Waals surface area contributed by atoms with E-state index in [4.69, 9.17) is 16.3 Å². The van der Waals surface area contributed by atoms with Crippen molar-refractivity contribution in [3.8, 4) is 5.88 Å². The summed E-state index contributed by atoms with van der Waals surface area (Å²) in [4.78, 5) is 0. The molecule has 3 nitrogen and oxygen atoms in total. The van der Waals surface area contributed by atoms with Crippen molar-refractivity contribution in [3.63, 3.8) is 0 Å². The maximum Gasteiger partial charge on any atom is 0.252 e. The zero-order valence-electron chi connectivity index (χ0n) is 8.41. The molecule has 0 aliphatic carbocycles. The van der Waals surface area contributed by atoms with Gasteiger partial charge in [-0.2, -0.15) is 0 Å². The molecule has 0 aliphatic heterocycles. The van der Waals surface area contributed by atoms with Crippen molar-refractivity contribution in [1.29, 1.82) is 0 Å². The molecule has 0 fully saturated rings. The van der Waals surface area contributed by atoms with Gasteiger partial charge in [-0.3, -0.25) is 4.68 Å². The molecule has 0 radical (unpaired) electrons. The maximum absolute atomic E-state index is 5.92. The third-order valence-electron chi connectivity index (χ3n) is 1.53. The smallest absolute Gasteiger partial charge is 0.252 e. The monoisotopic (exact) mass is 202 g/mol. The Balaban J connectivity index is 2.83. The van der Waals surface area contributed by atoms with Gasteiger partial charge in [-0.1, -0.05) is 11.6 Å². The topological polar surface area (TPSA) is 27.1 Å². The molecule has 0 saturated carbocycles. The largest absolute Gasteiger partial charge is 0.473 e. The van der Waals surface area contributed by atoms with E-state index in [1.165, 1.54) is 0 Å². The van der Waals surface area contributed by atoms with Crippen molar-refractivity contribution in [2.45, 2.75) is 39.8 Å². The highest BCUT2D eigenvalue weighted by Gasteiger charge is 2.10. The summed E-state index contributed by atoms with van der Waals surface area (Å²) in [5.41, 5.74) is 0. The summed E-state index contributed by atoms with van der Waals surface area (Å²) in [7, 11) is 0. The Hall–Kier alpha value is -0.700. The van der Waals surface area contributed by atoms with Crippen molar-refractivity contribution in [2.75, 3.05) is 0 Å². The molecule has 0 atom stereocenters. The molecule has 1 aromatic heterocycles. The Morgan fingerprint density at radius 2 is 2.00 bits per heavy atom. The Morgan fingerprint density at radius 1 is 1.38 bits per heavy atom. The van der Waals surface area contributed by atoms with E-state index in [0.29, 0.717) is 16.9 Å². The predicted octanol–water partition coefficient (Wildman–Crippen LogP) is 2.90. The third kappa shape index (κ3) is 2.62. The zero-order chi connectivity index (χ0) is 10.0. The molecular formula is C9H15ClN2O. The number of hydrogen-bond donors (Lipinski definition) is 0. The molecular weight excluding hydrogens is 188 g/mol. The van der Waals surface area contributed by atoms with Crippen LogP contribution in [0.5, 0.6) is 5.88 Å². The third-order valence-corrected chi connectivity index (χ3v) is 1.79. The van der Waals surface area contributed by atoms with Gasteiger partial charge in [0.05, 0.1) is 6.10 Å². The number of aromatic nitrogens is 2. The normalized spacial score (nSPS) is 11.3. The fraction of sp³-hybridized carbons (Fsp3) is 0.667. The van der Waals surface area contributed by atoms with Crippen molar-refractivity contribution >= 4 is 11.6 Å². The Labute approximate surface area is 83.6 Å². The van der Waals surface area contributed by atoms with E-state index < -0.39 is 0 Å². The van der Waals surface area contributed by atoms with Crippen molar-refractivity contribution < 1.29 is 4.74 Å². The van der Waals surface area contributed by atoms with Gasteiger partial charge in [0.25, 0.3) is 5.88 Å². The molecule has 0 amide bonds. The average Bonchev–Trinajstić information content (AvgIpc) is 2.31. The van der Waals surface area contributed by atoms with E-state index in [-0.39, 0.29) is 6.10 Å². The second kappa shape index (κ2) is 4.01. The number of nitrogens with zero attached hydrogens (tertiary/aromatic N) is 2. The lowest BCUT2D eigenvalue weighted by Crippen LogP contribution is -2.07. The fourth-order valence-electron chi connectivity index (χ4n) is 0.921. The van der Waals surface area contributed by atoms with Crippen LogP contribution in [0.15, 0.2) is 6.20 Å². The maximum atomic E-state index is 5.92. The lowest BCUT2D eigenvalue weighted by atomic mass is 10.4. The minimum absolute atomic E-state index is 0.105. The van der Waals surface area contributed by atoms with Crippen LogP contribution in [0.4, 0.5) is 0 Å². The van der Waals surface area contributed by atoms with Crippen LogP contribution in [0.3, 0.4) is 0 Å². The zero-order valence-corrected chi connectivity index (χ0v) is 9.17. The summed E-state index contributed by atoms with van der Waals surface area (Å²) in [6.07, 6.45) is 1.89. The highest BCUT2D eigenvalue weighted by atomic mass is 35.5. The Morgan fingerprint density at radius 3 is 2.38 bits per heavy atom. The second-order valence-electron chi connectivity index (χ2n) is 3.52. The van der Waals surface area contributed by atoms with Crippen LogP contribution in [0, 0.1) is 0 Å². The Kier molecular flexibility index (Phi) is 3.20. The quantitative estimate of drug-likeness (QED) is 0.754. The van der Waals surface area contributed by atoms with Crippen molar-refractivity contribution in [1.82, 2.24) is 9.78 Å². The molecule has 74 valence electrons. The lowest BCUT2D eigenvalue weighted by molar-refractivity contribution is 0.229. The van der Waals surface area contributed by atoms with Gasteiger partial charge in [0.15, 0.2) is 0 Å². The summed E-state index contributed by atoms with van der Waals surface area (Å²) in [5, 5.41) is 4.78. The molecule has 0 aromatic carbocycles. The Bertz CT molecular complexity index is 281. The average molecular weight is 203 g/mol. The molecule has 0 saturated heterocycles. The summed E-state index contributed by atoms with van der Waals surface area (Å²) >= 11 is 5.92. The molecule has 0 unspecified atom stereocenters.